The summed E-state index contributed by atoms with van der Waals surface area (Å²) in [6.45, 7) is 11.4. The minimum absolute atomic E-state index is 0.0227. The Bertz CT molecular complexity index is 838. The van der Waals surface area contributed by atoms with Gasteiger partial charge in [0.15, 0.2) is 28.8 Å². The van der Waals surface area contributed by atoms with E-state index in [4.69, 9.17) is 25.8 Å². The Morgan fingerprint density at radius 1 is 0.969 bits per heavy atom. The summed E-state index contributed by atoms with van der Waals surface area (Å²) in [4.78, 5) is 61.2. The second-order valence-corrected chi connectivity index (χ2v) is 7.57. The lowest BCUT2D eigenvalue weighted by atomic mass is 9.90. The van der Waals surface area contributed by atoms with Gasteiger partial charge in [0, 0.05) is 12.5 Å². The third-order valence-electron chi connectivity index (χ3n) is 5.30. The average molecular weight is 452 g/mol. The predicted octanol–water partition coefficient (Wildman–Crippen LogP) is 1.63. The van der Waals surface area contributed by atoms with Gasteiger partial charge in [0.05, 0.1) is 12.5 Å². The first kappa shape index (κ1) is 28.7. The summed E-state index contributed by atoms with van der Waals surface area (Å²) in [7, 11) is 0. The summed E-state index contributed by atoms with van der Waals surface area (Å²) >= 11 is 0. The second kappa shape index (κ2) is 13.9. The summed E-state index contributed by atoms with van der Waals surface area (Å²) in [6.07, 6.45) is 1.18. The Morgan fingerprint density at radius 3 is 1.97 bits per heavy atom. The van der Waals surface area contributed by atoms with E-state index in [2.05, 4.69) is 15.3 Å². The molecule has 0 spiro atoms. The highest BCUT2D eigenvalue weighted by Crippen LogP contribution is 2.22. The van der Waals surface area contributed by atoms with Gasteiger partial charge in [0.1, 0.15) is 0 Å². The SMILES string of the molecule is CCOC(=O)C(C)C(C)CC(=O)c1nc(N)c(C(=O)NC(C)C(C)CC)nc1N.O=C=O. The molecule has 32 heavy (non-hydrogen) atoms. The lowest BCUT2D eigenvalue weighted by Gasteiger charge is -2.20. The number of esters is 1. The molecule has 0 aliphatic rings. The van der Waals surface area contributed by atoms with Crippen LogP contribution in [0.4, 0.5) is 11.6 Å². The van der Waals surface area contributed by atoms with Gasteiger partial charge in [-0.2, -0.15) is 9.59 Å². The van der Waals surface area contributed by atoms with Crippen LogP contribution in [0.5, 0.6) is 0 Å². The molecular formula is C21H33N5O6. The van der Waals surface area contributed by atoms with Crippen molar-refractivity contribution in [3.05, 3.63) is 11.4 Å². The number of ether oxygens (including phenoxy) is 1. The zero-order valence-electron chi connectivity index (χ0n) is 19.4. The van der Waals surface area contributed by atoms with Gasteiger partial charge in [0.25, 0.3) is 5.91 Å². The van der Waals surface area contributed by atoms with Gasteiger partial charge >= 0.3 is 12.1 Å². The molecule has 1 aromatic heterocycles. The lowest BCUT2D eigenvalue weighted by Crippen LogP contribution is -2.38. The zero-order valence-corrected chi connectivity index (χ0v) is 19.4. The highest BCUT2D eigenvalue weighted by molar-refractivity contribution is 6.02. The molecule has 4 atom stereocenters. The summed E-state index contributed by atoms with van der Waals surface area (Å²) in [5.74, 6) is -2.06. The van der Waals surface area contributed by atoms with Gasteiger partial charge in [-0.1, -0.05) is 34.1 Å². The summed E-state index contributed by atoms with van der Waals surface area (Å²) in [5, 5.41) is 2.82. The van der Waals surface area contributed by atoms with Crippen molar-refractivity contribution >= 4 is 35.4 Å². The zero-order chi connectivity index (χ0) is 25.0. The molecule has 0 aliphatic carbocycles. The van der Waals surface area contributed by atoms with E-state index in [9.17, 15) is 14.4 Å². The maximum atomic E-state index is 12.6. The summed E-state index contributed by atoms with van der Waals surface area (Å²) in [6, 6.07) is -0.0820. The minimum atomic E-state index is -0.488. The van der Waals surface area contributed by atoms with E-state index in [1.165, 1.54) is 0 Å². The largest absolute Gasteiger partial charge is 0.466 e. The van der Waals surface area contributed by atoms with Crippen LogP contribution in [0.25, 0.3) is 0 Å². The van der Waals surface area contributed by atoms with Gasteiger partial charge in [-0.3, -0.25) is 14.4 Å². The number of rotatable bonds is 10. The molecule has 0 bridgehead atoms. The molecule has 0 fully saturated rings. The van der Waals surface area contributed by atoms with Crippen LogP contribution in [0.15, 0.2) is 0 Å². The Balaban J connectivity index is 0.00000302. The number of carbonyl (C=O) groups is 3. The van der Waals surface area contributed by atoms with Gasteiger partial charge in [-0.05, 0) is 25.7 Å². The molecule has 0 aromatic carbocycles. The number of amides is 1. The smallest absolute Gasteiger partial charge is 0.373 e. The Morgan fingerprint density at radius 2 is 1.47 bits per heavy atom. The van der Waals surface area contributed by atoms with E-state index in [0.29, 0.717) is 0 Å². The second-order valence-electron chi connectivity index (χ2n) is 7.57. The standard InChI is InChI=1S/C20H33N5O4.CO2/c1-7-10(3)13(6)23-19(27)16-18(22)24-15(17(21)25-16)14(26)9-11(4)12(5)20(28)29-8-2;2-1-3/h10-13H,7-9H2,1-6H3,(H2,21,25)(H2,22,24)(H,23,27);. The summed E-state index contributed by atoms with van der Waals surface area (Å²) in [5.41, 5.74) is 11.5. The third-order valence-corrected chi connectivity index (χ3v) is 5.30. The van der Waals surface area contributed by atoms with Crippen molar-refractivity contribution in [2.24, 2.45) is 17.8 Å². The molecule has 1 aromatic rings. The molecule has 11 nitrogen and oxygen atoms in total. The maximum Gasteiger partial charge on any atom is 0.373 e. The van der Waals surface area contributed by atoms with Crippen LogP contribution in [0.1, 0.15) is 75.4 Å². The first-order chi connectivity index (χ1) is 14.9. The Kier molecular flexibility index (Phi) is 12.4. The van der Waals surface area contributed by atoms with Crippen molar-refractivity contribution in [1.29, 1.82) is 0 Å². The molecule has 4 unspecified atom stereocenters. The number of Topliss-reactive ketones (excluding diaryl/α,β-unsaturated/α-hetero) is 1. The predicted molar refractivity (Wildman–Crippen MR) is 116 cm³/mol. The number of nitrogen functional groups attached to an aromatic ring is 2. The molecule has 1 rings (SSSR count). The molecule has 0 aliphatic heterocycles. The average Bonchev–Trinajstić information content (AvgIpc) is 2.74. The van der Waals surface area contributed by atoms with Crippen LogP contribution in [-0.4, -0.2) is 46.4 Å². The van der Waals surface area contributed by atoms with Crippen molar-refractivity contribution < 1.29 is 28.7 Å². The molecule has 11 heteroatoms. The first-order valence-electron chi connectivity index (χ1n) is 10.4. The quantitative estimate of drug-likeness (QED) is 0.349. The number of anilines is 2. The lowest BCUT2D eigenvalue weighted by molar-refractivity contribution is -0.191. The molecule has 1 heterocycles. The summed E-state index contributed by atoms with van der Waals surface area (Å²) < 4.78 is 4.99. The van der Waals surface area contributed by atoms with Gasteiger partial charge in [0.2, 0.25) is 0 Å². The highest BCUT2D eigenvalue weighted by Gasteiger charge is 2.27. The number of nitrogens with two attached hydrogens (primary N) is 2. The molecule has 0 radical (unpaired) electrons. The number of ketones is 1. The van der Waals surface area contributed by atoms with Crippen molar-refractivity contribution in [2.45, 2.75) is 60.4 Å². The van der Waals surface area contributed by atoms with Crippen LogP contribution in [-0.2, 0) is 19.1 Å². The van der Waals surface area contributed by atoms with E-state index in [-0.39, 0.29) is 66.0 Å². The van der Waals surface area contributed by atoms with Crippen LogP contribution in [0.2, 0.25) is 0 Å². The van der Waals surface area contributed by atoms with Crippen LogP contribution >= 0.6 is 0 Å². The topological polar surface area (TPSA) is 184 Å². The van der Waals surface area contributed by atoms with E-state index < -0.39 is 17.6 Å². The van der Waals surface area contributed by atoms with E-state index in [0.717, 1.165) is 6.42 Å². The fraction of sp³-hybridized carbons (Fsp3) is 0.619. The highest BCUT2D eigenvalue weighted by atomic mass is 16.5. The van der Waals surface area contributed by atoms with Crippen molar-refractivity contribution in [1.82, 2.24) is 15.3 Å². The van der Waals surface area contributed by atoms with Gasteiger partial charge < -0.3 is 21.5 Å². The number of hydrogen-bond acceptors (Lipinski definition) is 10. The monoisotopic (exact) mass is 451 g/mol. The van der Waals surface area contributed by atoms with Crippen molar-refractivity contribution in [2.75, 3.05) is 18.1 Å². The molecule has 178 valence electrons. The molecule has 0 saturated carbocycles. The van der Waals surface area contributed by atoms with Gasteiger partial charge in [-0.15, -0.1) is 0 Å². The van der Waals surface area contributed by atoms with Crippen molar-refractivity contribution in [3.8, 4) is 0 Å². The first-order valence-corrected chi connectivity index (χ1v) is 10.4. The minimum Gasteiger partial charge on any atom is -0.466 e. The van der Waals surface area contributed by atoms with E-state index in [1.807, 2.05) is 20.8 Å². The van der Waals surface area contributed by atoms with Gasteiger partial charge in [-0.25, -0.2) is 9.97 Å². The fourth-order valence-corrected chi connectivity index (χ4v) is 2.68. The van der Waals surface area contributed by atoms with Crippen molar-refractivity contribution in [3.63, 3.8) is 0 Å². The Hall–Kier alpha value is -3.33. The van der Waals surface area contributed by atoms with E-state index >= 15 is 0 Å². The molecule has 1 amide bonds. The molecule has 0 saturated heterocycles. The normalized spacial score (nSPS) is 13.9. The molecular weight excluding hydrogens is 418 g/mol. The number of nitrogens with zero attached hydrogens (tertiary/aromatic N) is 2. The third kappa shape index (κ3) is 8.43. The van der Waals surface area contributed by atoms with Crippen LogP contribution < -0.4 is 16.8 Å². The number of nitrogens with one attached hydrogen (secondary N) is 1. The van der Waals surface area contributed by atoms with Crippen LogP contribution in [0, 0.1) is 17.8 Å². The number of carbonyl (C=O) groups excluding carboxylic acids is 5. The van der Waals surface area contributed by atoms with Crippen LogP contribution in [0.3, 0.4) is 0 Å². The Labute approximate surface area is 187 Å². The number of hydrogen-bond donors (Lipinski definition) is 3. The number of aromatic nitrogens is 2. The fourth-order valence-electron chi connectivity index (χ4n) is 2.68. The maximum absolute atomic E-state index is 12.6. The van der Waals surface area contributed by atoms with E-state index in [1.54, 1.807) is 20.8 Å². The molecule has 5 N–H and O–H groups in total.